The molecule has 1 aliphatic heterocycles. The summed E-state index contributed by atoms with van der Waals surface area (Å²) in [6, 6.07) is 12.2. The van der Waals surface area contributed by atoms with E-state index >= 15 is 0 Å². The van der Waals surface area contributed by atoms with Gasteiger partial charge in [-0.05, 0) is 29.5 Å². The molecule has 7 heteroatoms. The van der Waals surface area contributed by atoms with E-state index < -0.39 is 0 Å². The molecule has 112 valence electrons. The minimum atomic E-state index is 0.0805. The van der Waals surface area contributed by atoms with Crippen LogP contribution in [0.1, 0.15) is 28.9 Å². The number of fused-ring (bicyclic) bond motifs is 1. The molecule has 2 atom stereocenters. The Hall–Kier alpha value is -2.05. The number of nitrogens with two attached hydrogens (primary N) is 1. The molecule has 22 heavy (non-hydrogen) atoms. The summed E-state index contributed by atoms with van der Waals surface area (Å²) in [4.78, 5) is 5.54. The first-order valence-corrected chi connectivity index (χ1v) is 8.24. The Morgan fingerprint density at radius 3 is 2.91 bits per heavy atom. The Morgan fingerprint density at radius 2 is 2.14 bits per heavy atom. The first kappa shape index (κ1) is 13.6. The van der Waals surface area contributed by atoms with Crippen molar-refractivity contribution in [2.45, 2.75) is 18.5 Å². The Morgan fingerprint density at radius 1 is 1.27 bits per heavy atom. The predicted molar refractivity (Wildman–Crippen MR) is 89.3 cm³/mol. The molecule has 3 heterocycles. The third kappa shape index (κ3) is 2.24. The van der Waals surface area contributed by atoms with Crippen LogP contribution in [0.15, 0.2) is 41.8 Å². The molecule has 0 unspecified atom stereocenters. The van der Waals surface area contributed by atoms with E-state index in [1.54, 1.807) is 11.3 Å². The van der Waals surface area contributed by atoms with Crippen molar-refractivity contribution in [3.8, 4) is 0 Å². The number of nitrogens with one attached hydrogen (secondary N) is 1. The molecule has 2 aromatic heterocycles. The van der Waals surface area contributed by atoms with E-state index in [4.69, 9.17) is 17.3 Å². The lowest BCUT2D eigenvalue weighted by atomic mass is 9.97. The van der Waals surface area contributed by atoms with E-state index in [-0.39, 0.29) is 18.0 Å². The van der Waals surface area contributed by atoms with Gasteiger partial charge in [-0.15, -0.1) is 16.4 Å². The molecule has 4 rings (SSSR count). The Kier molecular flexibility index (Phi) is 3.28. The molecular weight excluding hydrogens is 318 g/mol. The van der Waals surface area contributed by atoms with Gasteiger partial charge in [0.1, 0.15) is 0 Å². The highest BCUT2D eigenvalue weighted by Gasteiger charge is 2.32. The fourth-order valence-corrected chi connectivity index (χ4v) is 3.97. The van der Waals surface area contributed by atoms with Gasteiger partial charge in [-0.25, -0.2) is 4.68 Å². The lowest BCUT2D eigenvalue weighted by molar-refractivity contribution is 0.437. The summed E-state index contributed by atoms with van der Waals surface area (Å²) in [6.07, 6.45) is 0.847. The minimum Gasteiger partial charge on any atom is -0.366 e. The van der Waals surface area contributed by atoms with Crippen LogP contribution >= 0.6 is 22.9 Å². The number of hydrogen-bond donors (Lipinski definition) is 2. The maximum absolute atomic E-state index is 6.36. The summed E-state index contributed by atoms with van der Waals surface area (Å²) in [5.41, 5.74) is 6.85. The van der Waals surface area contributed by atoms with Crippen LogP contribution in [0, 0.1) is 0 Å². The van der Waals surface area contributed by atoms with Gasteiger partial charge in [-0.2, -0.15) is 4.98 Å². The lowest BCUT2D eigenvalue weighted by Crippen LogP contribution is -2.27. The first-order valence-electron chi connectivity index (χ1n) is 6.99. The van der Waals surface area contributed by atoms with Crippen molar-refractivity contribution >= 4 is 34.8 Å². The van der Waals surface area contributed by atoms with Crippen molar-refractivity contribution in [1.29, 1.82) is 0 Å². The number of halogens is 1. The molecular formula is C15H14ClN5S. The number of thiophene rings is 1. The zero-order valence-electron chi connectivity index (χ0n) is 11.6. The average Bonchev–Trinajstić information content (AvgIpc) is 3.14. The number of nitrogen functional groups attached to an aromatic ring is 1. The van der Waals surface area contributed by atoms with Gasteiger partial charge >= 0.3 is 0 Å². The molecule has 0 saturated heterocycles. The van der Waals surface area contributed by atoms with Crippen LogP contribution in [0.3, 0.4) is 0 Å². The van der Waals surface area contributed by atoms with Crippen LogP contribution in [0.25, 0.3) is 0 Å². The summed E-state index contributed by atoms with van der Waals surface area (Å²) < 4.78 is 1.87. The number of anilines is 2. The molecule has 0 saturated carbocycles. The van der Waals surface area contributed by atoms with Crippen LogP contribution < -0.4 is 11.1 Å². The molecule has 3 N–H and O–H groups in total. The van der Waals surface area contributed by atoms with Crippen LogP contribution in [-0.2, 0) is 0 Å². The van der Waals surface area contributed by atoms with Crippen LogP contribution in [-0.4, -0.2) is 14.8 Å². The summed E-state index contributed by atoms with van der Waals surface area (Å²) in [6.45, 7) is 0. The molecule has 0 radical (unpaired) electrons. The van der Waals surface area contributed by atoms with Gasteiger partial charge in [0.15, 0.2) is 0 Å². The second-order valence-corrected chi connectivity index (χ2v) is 6.61. The summed E-state index contributed by atoms with van der Waals surface area (Å²) in [5, 5.41) is 10.6. The normalized spacial score (nSPS) is 20.4. The highest BCUT2D eigenvalue weighted by Crippen LogP contribution is 2.40. The van der Waals surface area contributed by atoms with Crippen molar-refractivity contribution in [2.24, 2.45) is 0 Å². The van der Waals surface area contributed by atoms with Crippen LogP contribution in [0.2, 0.25) is 5.02 Å². The van der Waals surface area contributed by atoms with Crippen LogP contribution in [0.4, 0.5) is 11.9 Å². The van der Waals surface area contributed by atoms with Gasteiger partial charge in [0.25, 0.3) is 0 Å². The van der Waals surface area contributed by atoms with E-state index in [0.717, 1.165) is 17.0 Å². The van der Waals surface area contributed by atoms with E-state index in [0.29, 0.717) is 5.95 Å². The Labute approximate surface area is 136 Å². The van der Waals surface area contributed by atoms with Gasteiger partial charge in [-0.3, -0.25) is 0 Å². The molecule has 1 aromatic carbocycles. The molecule has 0 fully saturated rings. The zero-order chi connectivity index (χ0) is 15.1. The Bertz CT molecular complexity index is 798. The van der Waals surface area contributed by atoms with Gasteiger partial charge in [0, 0.05) is 9.90 Å². The van der Waals surface area contributed by atoms with Gasteiger partial charge in [-0.1, -0.05) is 35.9 Å². The second-order valence-electron chi connectivity index (χ2n) is 5.22. The minimum absolute atomic E-state index is 0.0805. The van der Waals surface area contributed by atoms with E-state index in [9.17, 15) is 0 Å². The Balaban J connectivity index is 1.78. The molecule has 0 bridgehead atoms. The van der Waals surface area contributed by atoms with Crippen molar-refractivity contribution in [3.63, 3.8) is 0 Å². The maximum Gasteiger partial charge on any atom is 0.241 e. The summed E-state index contributed by atoms with van der Waals surface area (Å²) >= 11 is 8.07. The highest BCUT2D eigenvalue weighted by atomic mass is 35.5. The third-order valence-corrected chi connectivity index (χ3v) is 5.18. The van der Waals surface area contributed by atoms with Gasteiger partial charge in [0.05, 0.1) is 12.1 Å². The molecule has 5 nitrogen and oxygen atoms in total. The largest absolute Gasteiger partial charge is 0.366 e. The summed E-state index contributed by atoms with van der Waals surface area (Å²) in [5.74, 6) is 0.968. The monoisotopic (exact) mass is 331 g/mol. The average molecular weight is 332 g/mol. The third-order valence-electron chi connectivity index (χ3n) is 3.86. The first-order chi connectivity index (χ1) is 10.7. The lowest BCUT2D eigenvalue weighted by Gasteiger charge is -2.31. The quantitative estimate of drug-likeness (QED) is 0.751. The van der Waals surface area contributed by atoms with E-state index in [1.807, 2.05) is 35.0 Å². The molecule has 0 aliphatic carbocycles. The summed E-state index contributed by atoms with van der Waals surface area (Å²) in [7, 11) is 0. The molecule has 0 spiro atoms. The van der Waals surface area contributed by atoms with Crippen molar-refractivity contribution in [2.75, 3.05) is 11.1 Å². The fourth-order valence-electron chi connectivity index (χ4n) is 2.87. The van der Waals surface area contributed by atoms with Crippen molar-refractivity contribution in [3.05, 3.63) is 57.2 Å². The number of aromatic nitrogens is 3. The molecule has 3 aromatic rings. The maximum atomic E-state index is 6.36. The predicted octanol–water partition coefficient (Wildman–Crippen LogP) is 3.72. The number of rotatable bonds is 2. The second kappa shape index (κ2) is 5.30. The SMILES string of the molecule is Nc1nc2n(n1)[C@@H](c1cccs1)C[C@H](c1ccccc1Cl)N2. The zero-order valence-corrected chi connectivity index (χ0v) is 13.2. The number of hydrogen-bond acceptors (Lipinski definition) is 5. The molecule has 0 amide bonds. The van der Waals surface area contributed by atoms with Crippen LogP contribution in [0.5, 0.6) is 0 Å². The van der Waals surface area contributed by atoms with E-state index in [2.05, 4.69) is 26.8 Å². The van der Waals surface area contributed by atoms with Crippen molar-refractivity contribution in [1.82, 2.24) is 14.8 Å². The van der Waals surface area contributed by atoms with Crippen molar-refractivity contribution < 1.29 is 0 Å². The number of nitrogens with zero attached hydrogens (tertiary/aromatic N) is 3. The molecule has 1 aliphatic rings. The standard InChI is InChI=1S/C15H14ClN5S/c16-10-5-2-1-4-9(10)11-8-12(13-6-3-7-22-13)21-15(18-11)19-14(17)20-21/h1-7,11-12H,8H2,(H3,17,18,19,20)/t11-,12-/m1/s1. The smallest absolute Gasteiger partial charge is 0.241 e. The highest BCUT2D eigenvalue weighted by molar-refractivity contribution is 7.10. The van der Waals surface area contributed by atoms with Gasteiger partial charge in [0.2, 0.25) is 11.9 Å². The number of benzene rings is 1. The van der Waals surface area contributed by atoms with E-state index in [1.165, 1.54) is 4.88 Å². The topological polar surface area (TPSA) is 68.8 Å². The van der Waals surface area contributed by atoms with Gasteiger partial charge < -0.3 is 11.1 Å². The fraction of sp³-hybridized carbons (Fsp3) is 0.200.